The second-order valence-corrected chi connectivity index (χ2v) is 3.48. The molecule has 0 aliphatic carbocycles. The number of hydrogen-bond acceptors (Lipinski definition) is 6. The lowest BCUT2D eigenvalue weighted by Crippen LogP contribution is -2.16. The van der Waals surface area contributed by atoms with Crippen molar-refractivity contribution in [2.75, 3.05) is 13.4 Å². The molecule has 1 aromatic rings. The minimum absolute atomic E-state index is 0.0422. The van der Waals surface area contributed by atoms with Crippen molar-refractivity contribution in [1.82, 2.24) is 0 Å². The summed E-state index contributed by atoms with van der Waals surface area (Å²) in [5.41, 5.74) is 0.134. The van der Waals surface area contributed by atoms with E-state index in [4.69, 9.17) is 9.47 Å². The van der Waals surface area contributed by atoms with Gasteiger partial charge in [-0.1, -0.05) is 18.7 Å². The lowest BCUT2D eigenvalue weighted by Gasteiger charge is -2.08. The zero-order chi connectivity index (χ0) is 15.0. The quantitative estimate of drug-likeness (QED) is 0.448. The minimum atomic E-state index is -0.787. The van der Waals surface area contributed by atoms with E-state index < -0.39 is 24.7 Å². The van der Waals surface area contributed by atoms with E-state index in [9.17, 15) is 14.4 Å². The molecule has 0 saturated carbocycles. The Morgan fingerprint density at radius 1 is 1.05 bits per heavy atom. The number of esters is 3. The molecule has 0 spiro atoms. The molecule has 0 bridgehead atoms. The van der Waals surface area contributed by atoms with Gasteiger partial charge in [-0.25, -0.2) is 14.4 Å². The summed E-state index contributed by atoms with van der Waals surface area (Å²) in [7, 11) is 0. The molecular formula is C14H14O6. The standard InChI is InChI=1S/C14H14O6/c1-3-12(15)19-9-20-14(17)11-8-6-5-7-10(11)13(16)18-4-2/h3,5-8H,1,4,9H2,2H3. The monoisotopic (exact) mass is 278 g/mol. The Morgan fingerprint density at radius 2 is 1.60 bits per heavy atom. The normalized spacial score (nSPS) is 9.45. The van der Waals surface area contributed by atoms with Gasteiger partial charge in [-0.15, -0.1) is 0 Å². The van der Waals surface area contributed by atoms with Crippen LogP contribution in [-0.2, 0) is 19.0 Å². The average molecular weight is 278 g/mol. The highest BCUT2D eigenvalue weighted by Crippen LogP contribution is 2.12. The van der Waals surface area contributed by atoms with Gasteiger partial charge in [-0.3, -0.25) is 0 Å². The molecule has 0 aromatic heterocycles. The Labute approximate surface area is 115 Å². The Balaban J connectivity index is 2.75. The zero-order valence-electron chi connectivity index (χ0n) is 11.0. The molecule has 6 nitrogen and oxygen atoms in total. The smallest absolute Gasteiger partial charge is 0.341 e. The third kappa shape index (κ3) is 4.24. The third-order valence-electron chi connectivity index (χ3n) is 2.20. The van der Waals surface area contributed by atoms with Gasteiger partial charge in [0, 0.05) is 6.08 Å². The molecule has 0 radical (unpaired) electrons. The first kappa shape index (κ1) is 15.4. The van der Waals surface area contributed by atoms with Crippen molar-refractivity contribution in [3.8, 4) is 0 Å². The first-order chi connectivity index (χ1) is 9.60. The van der Waals surface area contributed by atoms with Crippen molar-refractivity contribution >= 4 is 17.9 Å². The van der Waals surface area contributed by atoms with Gasteiger partial charge in [-0.2, -0.15) is 0 Å². The predicted octanol–water partition coefficient (Wildman–Crippen LogP) is 1.71. The summed E-state index contributed by atoms with van der Waals surface area (Å²) < 4.78 is 14.1. The van der Waals surface area contributed by atoms with E-state index >= 15 is 0 Å². The van der Waals surface area contributed by atoms with Crippen LogP contribution in [0.25, 0.3) is 0 Å². The Kier molecular flexibility index (Phi) is 5.96. The van der Waals surface area contributed by atoms with Crippen LogP contribution in [0.5, 0.6) is 0 Å². The van der Waals surface area contributed by atoms with Crippen LogP contribution in [0.1, 0.15) is 27.6 Å². The third-order valence-corrected chi connectivity index (χ3v) is 2.20. The van der Waals surface area contributed by atoms with Crippen LogP contribution in [0.15, 0.2) is 36.9 Å². The summed E-state index contributed by atoms with van der Waals surface area (Å²) in [5.74, 6) is -2.12. The molecule has 106 valence electrons. The van der Waals surface area contributed by atoms with Gasteiger partial charge in [-0.05, 0) is 19.1 Å². The average Bonchev–Trinajstić information content (AvgIpc) is 2.47. The zero-order valence-corrected chi connectivity index (χ0v) is 11.0. The Bertz CT molecular complexity index is 520. The molecule has 0 atom stereocenters. The summed E-state index contributed by atoms with van der Waals surface area (Å²) in [6.07, 6.45) is 0.945. The second-order valence-electron chi connectivity index (χ2n) is 3.48. The molecule has 0 fully saturated rings. The number of ether oxygens (including phenoxy) is 3. The van der Waals surface area contributed by atoms with Crippen LogP contribution >= 0.6 is 0 Å². The predicted molar refractivity (Wildman–Crippen MR) is 69.0 cm³/mol. The van der Waals surface area contributed by atoms with E-state index in [1.54, 1.807) is 19.1 Å². The molecule has 0 heterocycles. The van der Waals surface area contributed by atoms with Gasteiger partial charge in [0.2, 0.25) is 6.79 Å². The van der Waals surface area contributed by atoms with Crippen molar-refractivity contribution in [1.29, 1.82) is 0 Å². The molecule has 6 heteroatoms. The van der Waals surface area contributed by atoms with Gasteiger partial charge >= 0.3 is 17.9 Å². The number of benzene rings is 1. The molecule has 0 N–H and O–H groups in total. The lowest BCUT2D eigenvalue weighted by molar-refractivity contribution is -0.146. The van der Waals surface area contributed by atoms with Crippen molar-refractivity contribution < 1.29 is 28.6 Å². The summed E-state index contributed by atoms with van der Waals surface area (Å²) in [4.78, 5) is 34.3. The van der Waals surface area contributed by atoms with E-state index in [0.717, 1.165) is 6.08 Å². The lowest BCUT2D eigenvalue weighted by atomic mass is 10.1. The van der Waals surface area contributed by atoms with E-state index in [1.807, 2.05) is 0 Å². The molecule has 0 saturated heterocycles. The Morgan fingerprint density at radius 3 is 2.10 bits per heavy atom. The van der Waals surface area contributed by atoms with Crippen LogP contribution in [0.4, 0.5) is 0 Å². The second kappa shape index (κ2) is 7.73. The Hall–Kier alpha value is -2.63. The van der Waals surface area contributed by atoms with Crippen LogP contribution in [-0.4, -0.2) is 31.3 Å². The van der Waals surface area contributed by atoms with Gasteiger partial charge in [0.05, 0.1) is 17.7 Å². The highest BCUT2D eigenvalue weighted by atomic mass is 16.7. The fourth-order valence-electron chi connectivity index (χ4n) is 1.33. The number of rotatable bonds is 6. The van der Waals surface area contributed by atoms with Gasteiger partial charge < -0.3 is 14.2 Å². The number of hydrogen-bond donors (Lipinski definition) is 0. The maximum Gasteiger partial charge on any atom is 0.341 e. The van der Waals surface area contributed by atoms with Crippen molar-refractivity contribution in [3.05, 3.63) is 48.0 Å². The van der Waals surface area contributed by atoms with E-state index in [0.29, 0.717) is 0 Å². The maximum absolute atomic E-state index is 11.8. The molecular weight excluding hydrogens is 264 g/mol. The molecule has 0 unspecified atom stereocenters. The highest BCUT2D eigenvalue weighted by molar-refractivity contribution is 6.03. The van der Waals surface area contributed by atoms with Crippen molar-refractivity contribution in [2.45, 2.75) is 6.92 Å². The van der Waals surface area contributed by atoms with Crippen LogP contribution in [0, 0.1) is 0 Å². The van der Waals surface area contributed by atoms with E-state index in [1.165, 1.54) is 12.1 Å². The largest absolute Gasteiger partial charge is 0.462 e. The molecule has 1 rings (SSSR count). The SMILES string of the molecule is C=CC(=O)OCOC(=O)c1ccccc1C(=O)OCC. The number of carbonyl (C=O) groups is 3. The van der Waals surface area contributed by atoms with Crippen LogP contribution in [0.2, 0.25) is 0 Å². The summed E-state index contributed by atoms with van der Waals surface area (Å²) in [6.45, 7) is 4.50. The highest BCUT2D eigenvalue weighted by Gasteiger charge is 2.18. The topological polar surface area (TPSA) is 78.9 Å². The van der Waals surface area contributed by atoms with Gasteiger partial charge in [0.1, 0.15) is 0 Å². The van der Waals surface area contributed by atoms with Crippen LogP contribution in [0.3, 0.4) is 0 Å². The number of carbonyl (C=O) groups excluding carboxylic acids is 3. The first-order valence-electron chi connectivity index (χ1n) is 5.82. The minimum Gasteiger partial charge on any atom is -0.462 e. The fraction of sp³-hybridized carbons (Fsp3) is 0.214. The molecule has 0 amide bonds. The van der Waals surface area contributed by atoms with Crippen LogP contribution < -0.4 is 0 Å². The van der Waals surface area contributed by atoms with Crippen molar-refractivity contribution in [2.24, 2.45) is 0 Å². The summed E-state index contributed by atoms with van der Waals surface area (Å²) in [6, 6.07) is 6.05. The van der Waals surface area contributed by atoms with Gasteiger partial charge in [0.25, 0.3) is 0 Å². The molecule has 0 aliphatic heterocycles. The molecule has 20 heavy (non-hydrogen) atoms. The summed E-state index contributed by atoms with van der Waals surface area (Å²) >= 11 is 0. The molecule has 0 aliphatic rings. The first-order valence-corrected chi connectivity index (χ1v) is 5.82. The van der Waals surface area contributed by atoms with Crippen molar-refractivity contribution in [3.63, 3.8) is 0 Å². The maximum atomic E-state index is 11.8. The molecule has 1 aromatic carbocycles. The fourth-order valence-corrected chi connectivity index (χ4v) is 1.33. The van der Waals surface area contributed by atoms with E-state index in [2.05, 4.69) is 11.3 Å². The van der Waals surface area contributed by atoms with Gasteiger partial charge in [0.15, 0.2) is 0 Å². The summed E-state index contributed by atoms with van der Waals surface area (Å²) in [5, 5.41) is 0. The van der Waals surface area contributed by atoms with E-state index in [-0.39, 0.29) is 17.7 Å².